The number of aromatic nitrogens is 1. The van der Waals surface area contributed by atoms with Crippen LogP contribution in [0.25, 0.3) is 22.2 Å². The smallest absolute Gasteiger partial charge is 0.339 e. The van der Waals surface area contributed by atoms with E-state index in [-0.39, 0.29) is 18.6 Å². The second-order valence-corrected chi connectivity index (χ2v) is 8.27. The van der Waals surface area contributed by atoms with Gasteiger partial charge < -0.3 is 10.1 Å². The Labute approximate surface area is 194 Å². The van der Waals surface area contributed by atoms with Crippen molar-refractivity contribution < 1.29 is 14.3 Å². The summed E-state index contributed by atoms with van der Waals surface area (Å²) in [6.07, 6.45) is 0. The predicted octanol–water partition coefficient (Wildman–Crippen LogP) is 5.70. The van der Waals surface area contributed by atoms with Crippen LogP contribution in [0, 0.1) is 0 Å². The van der Waals surface area contributed by atoms with Crippen molar-refractivity contribution in [2.24, 2.45) is 0 Å². The fourth-order valence-corrected chi connectivity index (χ4v) is 3.69. The molecule has 1 aromatic heterocycles. The number of benzene rings is 3. The van der Waals surface area contributed by atoms with Crippen molar-refractivity contribution >= 4 is 38.7 Å². The van der Waals surface area contributed by atoms with E-state index in [1.165, 1.54) is 0 Å². The number of halogens is 1. The van der Waals surface area contributed by atoms with E-state index in [1.54, 1.807) is 6.07 Å². The van der Waals surface area contributed by atoms with Gasteiger partial charge in [-0.3, -0.25) is 4.79 Å². The minimum atomic E-state index is -0.565. The number of hydrogen-bond acceptors (Lipinski definition) is 4. The number of esters is 1. The third-order valence-electron chi connectivity index (χ3n) is 5.09. The summed E-state index contributed by atoms with van der Waals surface area (Å²) >= 11 is 3.43. The van der Waals surface area contributed by atoms with Crippen LogP contribution >= 0.6 is 15.9 Å². The van der Waals surface area contributed by atoms with Gasteiger partial charge in [-0.2, -0.15) is 0 Å². The van der Waals surface area contributed by atoms with Gasteiger partial charge in [-0.05, 0) is 36.8 Å². The summed E-state index contributed by atoms with van der Waals surface area (Å²) in [5, 5.41) is 3.53. The molecular weight excluding hydrogens is 468 g/mol. The zero-order chi connectivity index (χ0) is 22.5. The summed E-state index contributed by atoms with van der Waals surface area (Å²) in [4.78, 5) is 29.9. The Bertz CT molecular complexity index is 1260. The van der Waals surface area contributed by atoms with E-state index in [1.807, 2.05) is 85.8 Å². The number of fused-ring (bicyclic) bond motifs is 1. The van der Waals surface area contributed by atoms with Crippen LogP contribution in [0.4, 0.5) is 0 Å². The molecular formula is C26H21BrN2O3. The van der Waals surface area contributed by atoms with E-state index >= 15 is 0 Å². The number of nitrogens with one attached hydrogen (secondary N) is 1. The highest BCUT2D eigenvalue weighted by Crippen LogP contribution is 2.26. The molecule has 3 aromatic carbocycles. The number of para-hydroxylation sites is 1. The lowest BCUT2D eigenvalue weighted by Crippen LogP contribution is -2.31. The highest BCUT2D eigenvalue weighted by Gasteiger charge is 2.17. The Kier molecular flexibility index (Phi) is 6.61. The van der Waals surface area contributed by atoms with Gasteiger partial charge >= 0.3 is 5.97 Å². The van der Waals surface area contributed by atoms with Crippen LogP contribution in [0.2, 0.25) is 0 Å². The van der Waals surface area contributed by atoms with Crippen LogP contribution in [0.3, 0.4) is 0 Å². The summed E-state index contributed by atoms with van der Waals surface area (Å²) in [5.41, 5.74) is 3.57. The molecule has 6 heteroatoms. The monoisotopic (exact) mass is 488 g/mol. The van der Waals surface area contributed by atoms with Crippen LogP contribution in [0.15, 0.2) is 89.4 Å². The predicted molar refractivity (Wildman–Crippen MR) is 128 cm³/mol. The molecule has 0 aliphatic rings. The van der Waals surface area contributed by atoms with Gasteiger partial charge in [-0.1, -0.05) is 76.6 Å². The normalized spacial score (nSPS) is 11.7. The molecule has 0 saturated carbocycles. The van der Waals surface area contributed by atoms with Gasteiger partial charge in [-0.25, -0.2) is 9.78 Å². The van der Waals surface area contributed by atoms with Crippen molar-refractivity contribution in [1.82, 2.24) is 10.3 Å². The minimum absolute atomic E-state index is 0.187. The summed E-state index contributed by atoms with van der Waals surface area (Å²) in [5.74, 6) is -0.925. The number of ether oxygens (including phenoxy) is 1. The SMILES string of the molecule is C[C@H](NC(=O)COC(=O)c1cc(-c2ccc(Br)cc2)nc2ccccc12)c1ccccc1. The van der Waals surface area contributed by atoms with Gasteiger partial charge in [0, 0.05) is 15.4 Å². The second kappa shape index (κ2) is 9.75. The lowest BCUT2D eigenvalue weighted by Gasteiger charge is -2.14. The molecule has 0 aliphatic heterocycles. The van der Waals surface area contributed by atoms with Crippen LogP contribution in [-0.2, 0) is 9.53 Å². The molecule has 0 fully saturated rings. The molecule has 0 radical (unpaired) electrons. The second-order valence-electron chi connectivity index (χ2n) is 7.36. The van der Waals surface area contributed by atoms with Crippen molar-refractivity contribution in [3.63, 3.8) is 0 Å². The molecule has 1 amide bonds. The lowest BCUT2D eigenvalue weighted by molar-refractivity contribution is -0.124. The largest absolute Gasteiger partial charge is 0.452 e. The van der Waals surface area contributed by atoms with Gasteiger partial charge in [0.05, 0.1) is 22.8 Å². The Balaban J connectivity index is 1.52. The minimum Gasteiger partial charge on any atom is -0.452 e. The Hall–Kier alpha value is -3.51. The zero-order valence-electron chi connectivity index (χ0n) is 17.4. The third kappa shape index (κ3) is 5.03. The molecule has 4 aromatic rings. The fourth-order valence-electron chi connectivity index (χ4n) is 3.43. The van der Waals surface area contributed by atoms with Gasteiger partial charge in [-0.15, -0.1) is 0 Å². The maximum absolute atomic E-state index is 12.9. The van der Waals surface area contributed by atoms with E-state index in [9.17, 15) is 9.59 Å². The number of rotatable bonds is 6. The maximum atomic E-state index is 12.9. The lowest BCUT2D eigenvalue weighted by atomic mass is 10.0. The summed E-state index contributed by atoms with van der Waals surface area (Å²) in [7, 11) is 0. The number of carbonyl (C=O) groups excluding carboxylic acids is 2. The van der Waals surface area contributed by atoms with Gasteiger partial charge in [0.2, 0.25) is 0 Å². The number of nitrogens with zero attached hydrogens (tertiary/aromatic N) is 1. The zero-order valence-corrected chi connectivity index (χ0v) is 19.0. The number of amides is 1. The molecule has 5 nitrogen and oxygen atoms in total. The van der Waals surface area contributed by atoms with Crippen molar-refractivity contribution in [2.45, 2.75) is 13.0 Å². The molecule has 0 spiro atoms. The van der Waals surface area contributed by atoms with E-state index in [0.29, 0.717) is 22.2 Å². The van der Waals surface area contributed by atoms with Crippen LogP contribution in [-0.4, -0.2) is 23.5 Å². The van der Waals surface area contributed by atoms with E-state index in [2.05, 4.69) is 26.2 Å². The molecule has 0 unspecified atom stereocenters. The van der Waals surface area contributed by atoms with Crippen molar-refractivity contribution in [3.05, 3.63) is 101 Å². The molecule has 0 aliphatic carbocycles. The number of carbonyl (C=O) groups is 2. The highest BCUT2D eigenvalue weighted by atomic mass is 79.9. The first-order valence-corrected chi connectivity index (χ1v) is 11.0. The molecule has 32 heavy (non-hydrogen) atoms. The first-order chi connectivity index (χ1) is 15.5. The van der Waals surface area contributed by atoms with Crippen LogP contribution in [0.5, 0.6) is 0 Å². The molecule has 1 heterocycles. The average molecular weight is 489 g/mol. The third-order valence-corrected chi connectivity index (χ3v) is 5.62. The van der Waals surface area contributed by atoms with Crippen LogP contribution in [0.1, 0.15) is 28.9 Å². The van der Waals surface area contributed by atoms with Crippen molar-refractivity contribution in [3.8, 4) is 11.3 Å². The van der Waals surface area contributed by atoms with Gasteiger partial charge in [0.1, 0.15) is 0 Å². The van der Waals surface area contributed by atoms with E-state index < -0.39 is 5.97 Å². The van der Waals surface area contributed by atoms with Gasteiger partial charge in [0.15, 0.2) is 6.61 Å². The standard InChI is InChI=1S/C26H21BrN2O3/c1-17(18-7-3-2-4-8-18)28-25(30)16-32-26(31)22-15-24(19-11-13-20(27)14-12-19)29-23-10-6-5-9-21(22)23/h2-15,17H,16H2,1H3,(H,28,30)/t17-/m0/s1. The summed E-state index contributed by atoms with van der Waals surface area (Å²) in [6.45, 7) is 1.52. The molecule has 0 saturated heterocycles. The Morgan fingerprint density at radius 3 is 2.41 bits per heavy atom. The molecule has 1 N–H and O–H groups in total. The molecule has 160 valence electrons. The topological polar surface area (TPSA) is 68.3 Å². The quantitative estimate of drug-likeness (QED) is 0.353. The highest BCUT2D eigenvalue weighted by molar-refractivity contribution is 9.10. The summed E-state index contributed by atoms with van der Waals surface area (Å²) in [6, 6.07) is 26.2. The van der Waals surface area contributed by atoms with Crippen molar-refractivity contribution in [1.29, 1.82) is 0 Å². The maximum Gasteiger partial charge on any atom is 0.339 e. The molecule has 0 bridgehead atoms. The van der Waals surface area contributed by atoms with E-state index in [0.717, 1.165) is 15.6 Å². The van der Waals surface area contributed by atoms with E-state index in [4.69, 9.17) is 4.74 Å². The molecule has 1 atom stereocenters. The fraction of sp³-hybridized carbons (Fsp3) is 0.115. The first kappa shape index (κ1) is 21.7. The Morgan fingerprint density at radius 2 is 1.66 bits per heavy atom. The molecule has 4 rings (SSSR count). The number of hydrogen-bond donors (Lipinski definition) is 1. The van der Waals surface area contributed by atoms with Crippen LogP contribution < -0.4 is 5.32 Å². The van der Waals surface area contributed by atoms with Gasteiger partial charge in [0.25, 0.3) is 5.91 Å². The summed E-state index contributed by atoms with van der Waals surface area (Å²) < 4.78 is 6.31. The number of pyridine rings is 1. The first-order valence-electron chi connectivity index (χ1n) is 10.2. The average Bonchev–Trinajstić information content (AvgIpc) is 2.83. The Morgan fingerprint density at radius 1 is 0.969 bits per heavy atom. The van der Waals surface area contributed by atoms with Crippen molar-refractivity contribution in [2.75, 3.05) is 6.61 Å².